The molecule has 1 aromatic carbocycles. The molecule has 0 fully saturated rings. The molecule has 0 saturated heterocycles. The van der Waals surface area contributed by atoms with E-state index in [4.69, 9.17) is 4.74 Å². The van der Waals surface area contributed by atoms with Crippen molar-refractivity contribution in [1.29, 1.82) is 0 Å². The van der Waals surface area contributed by atoms with Crippen LogP contribution in [0, 0.1) is 0 Å². The molecule has 0 aliphatic heterocycles. The molecular formula is C14H12BF3NO-. The van der Waals surface area contributed by atoms with Gasteiger partial charge >= 0.3 is 6.98 Å². The lowest BCUT2D eigenvalue weighted by Gasteiger charge is -2.15. The summed E-state index contributed by atoms with van der Waals surface area (Å²) >= 11 is 0. The predicted molar refractivity (Wildman–Crippen MR) is 73.4 cm³/mol. The second-order valence-electron chi connectivity index (χ2n) is 4.17. The molecule has 0 aliphatic rings. The Bertz CT molecular complexity index is 594. The normalized spacial score (nSPS) is 12.3. The summed E-state index contributed by atoms with van der Waals surface area (Å²) in [4.78, 5) is 3.82. The Balaban J connectivity index is 2.49. The first-order valence-corrected chi connectivity index (χ1v) is 5.97. The number of hydrogen-bond acceptors (Lipinski definition) is 2. The standard InChI is InChI=1S/C14H12BF3NO/c1-20-13-4-2-11(3-5-13)14(10-15(16,17)18)12-6-8-19-9-7-12/h2-10H,1H3/q-1/b14-10-. The van der Waals surface area contributed by atoms with Gasteiger partial charge in [0.2, 0.25) is 0 Å². The van der Waals surface area contributed by atoms with Gasteiger partial charge in [-0.3, -0.25) is 4.98 Å². The summed E-state index contributed by atoms with van der Waals surface area (Å²) in [5.74, 6) is 0.956. The van der Waals surface area contributed by atoms with Crippen LogP contribution in [0.3, 0.4) is 0 Å². The summed E-state index contributed by atoms with van der Waals surface area (Å²) in [6.45, 7) is -5.03. The molecule has 2 aromatic rings. The number of pyridine rings is 1. The van der Waals surface area contributed by atoms with E-state index in [2.05, 4.69) is 4.98 Å². The summed E-state index contributed by atoms with van der Waals surface area (Å²) in [5, 5.41) is 0. The Hall–Kier alpha value is -2.24. The number of aromatic nitrogens is 1. The van der Waals surface area contributed by atoms with E-state index in [0.717, 1.165) is 0 Å². The largest absolute Gasteiger partial charge is 0.503 e. The summed E-state index contributed by atoms with van der Waals surface area (Å²) in [5.41, 5.74) is 1.09. The molecule has 2 nitrogen and oxygen atoms in total. The molecule has 6 heteroatoms. The Labute approximate surface area is 115 Å². The van der Waals surface area contributed by atoms with Crippen molar-refractivity contribution in [3.05, 3.63) is 65.9 Å². The van der Waals surface area contributed by atoms with Gasteiger partial charge in [0.15, 0.2) is 0 Å². The number of halogens is 3. The van der Waals surface area contributed by atoms with Crippen molar-refractivity contribution >= 4 is 12.6 Å². The quantitative estimate of drug-likeness (QED) is 0.791. The second-order valence-corrected chi connectivity index (χ2v) is 4.17. The smallest absolute Gasteiger partial charge is 0.497 e. The lowest BCUT2D eigenvalue weighted by Crippen LogP contribution is -2.12. The summed E-state index contributed by atoms with van der Waals surface area (Å²) in [6, 6.07) is 9.58. The third-order valence-corrected chi connectivity index (χ3v) is 2.75. The van der Waals surface area contributed by atoms with E-state index < -0.39 is 6.98 Å². The highest BCUT2D eigenvalue weighted by Crippen LogP contribution is 2.28. The topological polar surface area (TPSA) is 22.1 Å². The average Bonchev–Trinajstić information content (AvgIpc) is 2.45. The van der Waals surface area contributed by atoms with Crippen molar-refractivity contribution in [3.8, 4) is 5.75 Å². The second kappa shape index (κ2) is 5.82. The van der Waals surface area contributed by atoms with Gasteiger partial charge in [-0.15, -0.1) is 5.98 Å². The number of ether oxygens (including phenoxy) is 1. The van der Waals surface area contributed by atoms with Crippen molar-refractivity contribution in [3.63, 3.8) is 0 Å². The van der Waals surface area contributed by atoms with Crippen LogP contribution in [0.5, 0.6) is 5.75 Å². The van der Waals surface area contributed by atoms with Crippen molar-refractivity contribution in [2.24, 2.45) is 0 Å². The van der Waals surface area contributed by atoms with E-state index in [9.17, 15) is 12.9 Å². The Morgan fingerprint density at radius 2 is 1.55 bits per heavy atom. The highest BCUT2D eigenvalue weighted by atomic mass is 19.4. The summed E-state index contributed by atoms with van der Waals surface area (Å²) in [7, 11) is 1.51. The van der Waals surface area contributed by atoms with Crippen molar-refractivity contribution < 1.29 is 17.7 Å². The molecule has 0 atom stereocenters. The van der Waals surface area contributed by atoms with Gasteiger partial charge in [0.25, 0.3) is 0 Å². The van der Waals surface area contributed by atoms with Crippen molar-refractivity contribution in [2.75, 3.05) is 7.11 Å². The van der Waals surface area contributed by atoms with Crippen LogP contribution in [0.25, 0.3) is 5.57 Å². The predicted octanol–water partition coefficient (Wildman–Crippen LogP) is 3.91. The van der Waals surface area contributed by atoms with E-state index >= 15 is 0 Å². The third-order valence-electron chi connectivity index (χ3n) is 2.75. The molecule has 0 aliphatic carbocycles. The molecule has 0 bridgehead atoms. The molecule has 0 saturated carbocycles. The van der Waals surface area contributed by atoms with E-state index in [1.807, 2.05) is 0 Å². The van der Waals surface area contributed by atoms with Gasteiger partial charge < -0.3 is 17.7 Å². The van der Waals surface area contributed by atoms with Gasteiger partial charge in [0.1, 0.15) is 5.75 Å². The highest BCUT2D eigenvalue weighted by Gasteiger charge is 2.21. The zero-order valence-electron chi connectivity index (χ0n) is 10.8. The van der Waals surface area contributed by atoms with Crippen LogP contribution in [0.4, 0.5) is 12.9 Å². The number of nitrogens with zero attached hydrogens (tertiary/aromatic N) is 1. The minimum atomic E-state index is -5.03. The third kappa shape index (κ3) is 3.63. The fourth-order valence-electron chi connectivity index (χ4n) is 1.85. The Morgan fingerprint density at radius 1 is 1.00 bits per heavy atom. The lowest BCUT2D eigenvalue weighted by molar-refractivity contribution is 0.415. The van der Waals surface area contributed by atoms with Gasteiger partial charge in [-0.25, -0.2) is 0 Å². The van der Waals surface area contributed by atoms with E-state index in [0.29, 0.717) is 22.9 Å². The zero-order valence-corrected chi connectivity index (χ0v) is 10.8. The number of rotatable bonds is 4. The molecule has 0 radical (unpaired) electrons. The molecule has 0 unspecified atom stereocenters. The average molecular weight is 278 g/mol. The van der Waals surface area contributed by atoms with Crippen LogP contribution >= 0.6 is 0 Å². The molecule has 1 aromatic heterocycles. The van der Waals surface area contributed by atoms with Gasteiger partial charge in [-0.05, 0) is 41.0 Å². The van der Waals surface area contributed by atoms with E-state index in [-0.39, 0.29) is 5.57 Å². The molecule has 1 heterocycles. The van der Waals surface area contributed by atoms with Gasteiger partial charge in [0, 0.05) is 12.4 Å². The fourth-order valence-corrected chi connectivity index (χ4v) is 1.85. The Morgan fingerprint density at radius 3 is 2.05 bits per heavy atom. The maximum Gasteiger partial charge on any atom is 0.503 e. The van der Waals surface area contributed by atoms with Gasteiger partial charge in [-0.1, -0.05) is 12.1 Å². The summed E-state index contributed by atoms with van der Waals surface area (Å²) in [6.07, 6.45) is 2.94. The van der Waals surface area contributed by atoms with Gasteiger partial charge in [-0.2, -0.15) is 0 Å². The fraction of sp³-hybridized carbons (Fsp3) is 0.0714. The van der Waals surface area contributed by atoms with Crippen LogP contribution in [0.2, 0.25) is 0 Å². The number of hydrogen-bond donors (Lipinski definition) is 0. The van der Waals surface area contributed by atoms with Crippen LogP contribution in [0.1, 0.15) is 11.1 Å². The highest BCUT2D eigenvalue weighted by molar-refractivity contribution is 6.65. The first kappa shape index (κ1) is 14.2. The van der Waals surface area contributed by atoms with E-state index in [1.54, 1.807) is 36.4 Å². The Kier molecular flexibility index (Phi) is 4.12. The number of methoxy groups -OCH3 is 1. The molecule has 0 spiro atoms. The minimum absolute atomic E-state index is 0.127. The lowest BCUT2D eigenvalue weighted by atomic mass is 9.83. The molecule has 20 heavy (non-hydrogen) atoms. The monoisotopic (exact) mass is 278 g/mol. The first-order valence-electron chi connectivity index (χ1n) is 5.97. The van der Waals surface area contributed by atoms with Crippen LogP contribution in [0.15, 0.2) is 54.8 Å². The van der Waals surface area contributed by atoms with Crippen molar-refractivity contribution in [2.45, 2.75) is 0 Å². The maximum atomic E-state index is 12.8. The molecule has 0 amide bonds. The van der Waals surface area contributed by atoms with Crippen LogP contribution in [-0.2, 0) is 0 Å². The minimum Gasteiger partial charge on any atom is -0.497 e. The molecule has 0 N–H and O–H groups in total. The van der Waals surface area contributed by atoms with Crippen molar-refractivity contribution in [1.82, 2.24) is 4.98 Å². The molecule has 104 valence electrons. The molecule has 2 rings (SSSR count). The maximum absolute atomic E-state index is 12.8. The SMILES string of the molecule is COc1ccc(/C(=C/[B-](F)(F)F)c2ccncc2)cc1. The van der Waals surface area contributed by atoms with E-state index in [1.165, 1.54) is 19.5 Å². The number of benzene rings is 1. The summed E-state index contributed by atoms with van der Waals surface area (Å²) < 4.78 is 43.3. The molecular weight excluding hydrogens is 266 g/mol. The van der Waals surface area contributed by atoms with Gasteiger partial charge in [0.05, 0.1) is 7.11 Å². The first-order chi connectivity index (χ1) is 9.49. The van der Waals surface area contributed by atoms with Crippen LogP contribution < -0.4 is 4.74 Å². The van der Waals surface area contributed by atoms with Crippen LogP contribution in [-0.4, -0.2) is 19.1 Å². The zero-order chi connectivity index (χ0) is 14.6.